The maximum atomic E-state index is 3.15. The van der Waals surface area contributed by atoms with Crippen LogP contribution in [-0.2, 0) is 6.54 Å². The van der Waals surface area contributed by atoms with Crippen LogP contribution >= 0.6 is 0 Å². The third-order valence-electron chi connectivity index (χ3n) is 2.40. The second-order valence-corrected chi connectivity index (χ2v) is 4.47. The minimum atomic E-state index is 0.701. The summed E-state index contributed by atoms with van der Waals surface area (Å²) in [5.41, 5.74) is 2.63. The average Bonchev–Trinajstić information content (AvgIpc) is 2.18. The van der Waals surface area contributed by atoms with Gasteiger partial charge in [0.1, 0.15) is 0 Å². The number of anilines is 1. The van der Waals surface area contributed by atoms with Gasteiger partial charge in [-0.3, -0.25) is 0 Å². The molecule has 1 aromatic rings. The molecule has 0 amide bonds. The Morgan fingerprint density at radius 3 is 2.27 bits per heavy atom. The molecule has 0 aromatic heterocycles. The van der Waals surface area contributed by atoms with E-state index < -0.39 is 0 Å². The number of benzene rings is 1. The van der Waals surface area contributed by atoms with Crippen LogP contribution in [0.1, 0.15) is 19.4 Å². The van der Waals surface area contributed by atoms with E-state index in [9.17, 15) is 0 Å². The van der Waals surface area contributed by atoms with E-state index >= 15 is 0 Å². The lowest BCUT2D eigenvalue weighted by molar-refractivity contribution is 0.638. The lowest BCUT2D eigenvalue weighted by Gasteiger charge is -2.21. The summed E-state index contributed by atoms with van der Waals surface area (Å²) >= 11 is 0. The zero-order chi connectivity index (χ0) is 11.3. The van der Waals surface area contributed by atoms with Crippen LogP contribution < -0.4 is 10.2 Å². The van der Waals surface area contributed by atoms with Gasteiger partial charge in [-0.25, -0.2) is 0 Å². The van der Waals surface area contributed by atoms with E-state index in [1.165, 1.54) is 11.3 Å². The Morgan fingerprint density at radius 1 is 1.20 bits per heavy atom. The maximum absolute atomic E-state index is 3.15. The van der Waals surface area contributed by atoms with E-state index in [2.05, 4.69) is 55.4 Å². The van der Waals surface area contributed by atoms with Crippen LogP contribution in [0.15, 0.2) is 24.3 Å². The minimum absolute atomic E-state index is 0.701. The summed E-state index contributed by atoms with van der Waals surface area (Å²) in [6, 6.07) is 8.75. The molecule has 0 saturated carbocycles. The summed E-state index contributed by atoms with van der Waals surface area (Å²) < 4.78 is 0. The molecule has 0 atom stereocenters. The first-order valence-corrected chi connectivity index (χ1v) is 5.58. The molecule has 0 bridgehead atoms. The Bertz CT molecular complexity index is 277. The van der Waals surface area contributed by atoms with Crippen LogP contribution in [0.3, 0.4) is 0 Å². The summed E-state index contributed by atoms with van der Waals surface area (Å²) in [5, 5.41) is 3.15. The highest BCUT2D eigenvalue weighted by Gasteiger charge is 2.02. The van der Waals surface area contributed by atoms with Crippen molar-refractivity contribution in [2.24, 2.45) is 5.92 Å². The number of nitrogens with one attached hydrogen (secondary N) is 1. The van der Waals surface area contributed by atoms with Gasteiger partial charge in [-0.05, 0) is 30.7 Å². The van der Waals surface area contributed by atoms with Crippen LogP contribution in [0, 0.1) is 5.92 Å². The monoisotopic (exact) mass is 206 g/mol. The van der Waals surface area contributed by atoms with Gasteiger partial charge < -0.3 is 10.2 Å². The third kappa shape index (κ3) is 3.92. The lowest BCUT2D eigenvalue weighted by atomic mass is 10.1. The van der Waals surface area contributed by atoms with Crippen molar-refractivity contribution < 1.29 is 0 Å². The third-order valence-corrected chi connectivity index (χ3v) is 2.40. The molecule has 84 valence electrons. The van der Waals surface area contributed by atoms with Crippen molar-refractivity contribution in [3.05, 3.63) is 29.8 Å². The van der Waals surface area contributed by atoms with Crippen molar-refractivity contribution in [1.29, 1.82) is 0 Å². The topological polar surface area (TPSA) is 15.3 Å². The highest BCUT2D eigenvalue weighted by molar-refractivity contribution is 5.46. The zero-order valence-electron chi connectivity index (χ0n) is 10.2. The summed E-state index contributed by atoms with van der Waals surface area (Å²) in [6.45, 7) is 6.53. The van der Waals surface area contributed by atoms with Crippen molar-refractivity contribution in [3.63, 3.8) is 0 Å². The Kier molecular flexibility index (Phi) is 4.63. The van der Waals surface area contributed by atoms with E-state index in [0.717, 1.165) is 13.1 Å². The normalized spacial score (nSPS) is 10.7. The molecule has 15 heavy (non-hydrogen) atoms. The Hall–Kier alpha value is -1.02. The first kappa shape index (κ1) is 12.1. The fourth-order valence-corrected chi connectivity index (χ4v) is 1.73. The lowest BCUT2D eigenvalue weighted by Crippen LogP contribution is -2.22. The van der Waals surface area contributed by atoms with Gasteiger partial charge in [0, 0.05) is 25.8 Å². The molecular formula is C13H22N2. The molecule has 0 aliphatic carbocycles. The van der Waals surface area contributed by atoms with Crippen LogP contribution in [-0.4, -0.2) is 20.6 Å². The summed E-state index contributed by atoms with van der Waals surface area (Å²) in [7, 11) is 4.12. The maximum Gasteiger partial charge on any atom is 0.0363 e. The van der Waals surface area contributed by atoms with Gasteiger partial charge >= 0.3 is 0 Å². The first-order valence-electron chi connectivity index (χ1n) is 5.58. The number of hydrogen-bond acceptors (Lipinski definition) is 2. The van der Waals surface area contributed by atoms with Gasteiger partial charge in [0.25, 0.3) is 0 Å². The summed E-state index contributed by atoms with van der Waals surface area (Å²) in [6.07, 6.45) is 0. The number of rotatable bonds is 5. The fourth-order valence-electron chi connectivity index (χ4n) is 1.73. The molecule has 0 heterocycles. The van der Waals surface area contributed by atoms with Gasteiger partial charge in [0.2, 0.25) is 0 Å². The quantitative estimate of drug-likeness (QED) is 0.796. The van der Waals surface area contributed by atoms with Crippen molar-refractivity contribution in [2.45, 2.75) is 20.4 Å². The highest BCUT2D eigenvalue weighted by Crippen LogP contribution is 2.14. The highest BCUT2D eigenvalue weighted by atomic mass is 15.1. The van der Waals surface area contributed by atoms with Crippen molar-refractivity contribution in [3.8, 4) is 0 Å². The molecule has 0 aliphatic rings. The average molecular weight is 206 g/mol. The van der Waals surface area contributed by atoms with Crippen molar-refractivity contribution in [1.82, 2.24) is 5.32 Å². The molecule has 2 nitrogen and oxygen atoms in total. The van der Waals surface area contributed by atoms with E-state index in [0.29, 0.717) is 5.92 Å². The number of nitrogens with zero attached hydrogens (tertiary/aromatic N) is 1. The summed E-state index contributed by atoms with van der Waals surface area (Å²) in [4.78, 5) is 2.30. The predicted octanol–water partition coefficient (Wildman–Crippen LogP) is 2.50. The standard InChI is InChI=1S/C13H22N2/c1-11(2)10-15(4)13-7-5-12(6-8-13)9-14-3/h5-8,11,14H,9-10H2,1-4H3. The molecule has 0 fully saturated rings. The van der Waals surface area contributed by atoms with Crippen LogP contribution in [0.25, 0.3) is 0 Å². The predicted molar refractivity (Wildman–Crippen MR) is 67.3 cm³/mol. The second-order valence-electron chi connectivity index (χ2n) is 4.47. The smallest absolute Gasteiger partial charge is 0.0363 e. The molecule has 0 saturated heterocycles. The molecule has 0 unspecified atom stereocenters. The summed E-state index contributed by atoms with van der Waals surface area (Å²) in [5.74, 6) is 0.701. The Balaban J connectivity index is 2.62. The molecule has 2 heteroatoms. The largest absolute Gasteiger partial charge is 0.374 e. The van der Waals surface area contributed by atoms with Crippen molar-refractivity contribution >= 4 is 5.69 Å². The molecule has 0 aliphatic heterocycles. The van der Waals surface area contributed by atoms with E-state index in [1.54, 1.807) is 0 Å². The molecular weight excluding hydrogens is 184 g/mol. The van der Waals surface area contributed by atoms with E-state index in [-0.39, 0.29) is 0 Å². The van der Waals surface area contributed by atoms with Gasteiger partial charge in [0.05, 0.1) is 0 Å². The minimum Gasteiger partial charge on any atom is -0.374 e. The molecule has 0 spiro atoms. The number of hydrogen-bond donors (Lipinski definition) is 1. The fraction of sp³-hybridized carbons (Fsp3) is 0.538. The molecule has 1 N–H and O–H groups in total. The van der Waals surface area contributed by atoms with E-state index in [1.807, 2.05) is 7.05 Å². The molecule has 0 radical (unpaired) electrons. The molecule has 1 aromatic carbocycles. The van der Waals surface area contributed by atoms with Gasteiger partial charge in [-0.15, -0.1) is 0 Å². The second kappa shape index (κ2) is 5.76. The Morgan fingerprint density at radius 2 is 1.80 bits per heavy atom. The van der Waals surface area contributed by atoms with Gasteiger partial charge in [-0.1, -0.05) is 26.0 Å². The van der Waals surface area contributed by atoms with Crippen molar-refractivity contribution in [2.75, 3.05) is 25.5 Å². The van der Waals surface area contributed by atoms with Crippen LogP contribution in [0.5, 0.6) is 0 Å². The van der Waals surface area contributed by atoms with E-state index in [4.69, 9.17) is 0 Å². The SMILES string of the molecule is CNCc1ccc(N(C)CC(C)C)cc1. The van der Waals surface area contributed by atoms with Crippen LogP contribution in [0.2, 0.25) is 0 Å². The van der Waals surface area contributed by atoms with Crippen LogP contribution in [0.4, 0.5) is 5.69 Å². The van der Waals surface area contributed by atoms with Gasteiger partial charge in [0.15, 0.2) is 0 Å². The zero-order valence-corrected chi connectivity index (χ0v) is 10.2. The molecule has 1 rings (SSSR count). The Labute approximate surface area is 93.3 Å². The first-order chi connectivity index (χ1) is 7.13. The van der Waals surface area contributed by atoms with Gasteiger partial charge in [-0.2, -0.15) is 0 Å².